The van der Waals surface area contributed by atoms with Gasteiger partial charge < -0.3 is 10.1 Å². The molecule has 0 saturated heterocycles. The largest absolute Gasteiger partial charge is 0.496 e. The lowest BCUT2D eigenvalue weighted by molar-refractivity contribution is 0.413. The van der Waals surface area contributed by atoms with Gasteiger partial charge in [-0.25, -0.2) is 0 Å². The van der Waals surface area contributed by atoms with Gasteiger partial charge in [0, 0.05) is 30.1 Å². The molecule has 1 heterocycles. The fourth-order valence-corrected chi connectivity index (χ4v) is 2.28. The van der Waals surface area contributed by atoms with E-state index in [-0.39, 0.29) is 0 Å². The second kappa shape index (κ2) is 6.53. The molecule has 2 rings (SSSR count). The van der Waals surface area contributed by atoms with Crippen LogP contribution in [0.15, 0.2) is 30.6 Å². The fourth-order valence-electron chi connectivity index (χ4n) is 2.28. The van der Waals surface area contributed by atoms with E-state index in [1.54, 1.807) is 7.11 Å². The molecule has 0 amide bonds. The van der Waals surface area contributed by atoms with Crippen molar-refractivity contribution in [3.63, 3.8) is 0 Å². The highest BCUT2D eigenvalue weighted by Crippen LogP contribution is 2.34. The molecule has 0 radical (unpaired) electrons. The molecule has 2 aromatic rings. The molecule has 0 aliphatic carbocycles. The molecule has 0 unspecified atom stereocenters. The van der Waals surface area contributed by atoms with Crippen molar-refractivity contribution in [2.24, 2.45) is 0 Å². The average Bonchev–Trinajstić information content (AvgIpc) is 2.48. The Balaban J connectivity index is 2.43. The summed E-state index contributed by atoms with van der Waals surface area (Å²) in [5.41, 5.74) is 5.80. The SMILES string of the molecule is CCNCc1cncc(-c2ccc(C)c(C)c2OC)c1. The number of hydrogen-bond acceptors (Lipinski definition) is 3. The van der Waals surface area contributed by atoms with Gasteiger partial charge in [0.1, 0.15) is 5.75 Å². The first kappa shape index (κ1) is 14.5. The molecule has 0 saturated carbocycles. The molecule has 0 atom stereocenters. The monoisotopic (exact) mass is 270 g/mol. The number of methoxy groups -OCH3 is 1. The number of aryl methyl sites for hydroxylation is 1. The summed E-state index contributed by atoms with van der Waals surface area (Å²) >= 11 is 0. The van der Waals surface area contributed by atoms with E-state index < -0.39 is 0 Å². The van der Waals surface area contributed by atoms with Gasteiger partial charge in [-0.1, -0.05) is 19.1 Å². The normalized spacial score (nSPS) is 10.6. The predicted molar refractivity (Wildman–Crippen MR) is 83.1 cm³/mol. The van der Waals surface area contributed by atoms with E-state index in [4.69, 9.17) is 4.74 Å². The van der Waals surface area contributed by atoms with Crippen molar-refractivity contribution >= 4 is 0 Å². The third-order valence-corrected chi connectivity index (χ3v) is 3.57. The second-order valence-corrected chi connectivity index (χ2v) is 4.95. The van der Waals surface area contributed by atoms with Gasteiger partial charge in [0.05, 0.1) is 7.11 Å². The van der Waals surface area contributed by atoms with Crippen LogP contribution in [-0.2, 0) is 6.54 Å². The number of aromatic nitrogens is 1. The highest BCUT2D eigenvalue weighted by Gasteiger charge is 2.11. The summed E-state index contributed by atoms with van der Waals surface area (Å²) < 4.78 is 5.59. The summed E-state index contributed by atoms with van der Waals surface area (Å²) in [5.74, 6) is 0.937. The molecule has 0 fully saturated rings. The van der Waals surface area contributed by atoms with Crippen LogP contribution in [-0.4, -0.2) is 18.6 Å². The summed E-state index contributed by atoms with van der Waals surface area (Å²) in [4.78, 5) is 4.35. The van der Waals surface area contributed by atoms with Crippen molar-refractivity contribution in [3.8, 4) is 16.9 Å². The molecule has 106 valence electrons. The third-order valence-electron chi connectivity index (χ3n) is 3.57. The first-order chi connectivity index (χ1) is 9.67. The van der Waals surface area contributed by atoms with Crippen molar-refractivity contribution < 1.29 is 4.74 Å². The van der Waals surface area contributed by atoms with E-state index in [1.807, 2.05) is 12.4 Å². The molecule has 3 nitrogen and oxygen atoms in total. The first-order valence-corrected chi connectivity index (χ1v) is 6.96. The van der Waals surface area contributed by atoms with Gasteiger partial charge in [0.15, 0.2) is 0 Å². The molecule has 0 bridgehead atoms. The van der Waals surface area contributed by atoms with Crippen molar-refractivity contribution in [1.82, 2.24) is 10.3 Å². The van der Waals surface area contributed by atoms with E-state index in [2.05, 4.69) is 49.3 Å². The zero-order chi connectivity index (χ0) is 14.5. The zero-order valence-electron chi connectivity index (χ0n) is 12.7. The number of hydrogen-bond donors (Lipinski definition) is 1. The van der Waals surface area contributed by atoms with Gasteiger partial charge in [0.2, 0.25) is 0 Å². The minimum atomic E-state index is 0.838. The third kappa shape index (κ3) is 2.99. The van der Waals surface area contributed by atoms with Crippen molar-refractivity contribution in [1.29, 1.82) is 0 Å². The van der Waals surface area contributed by atoms with Crippen LogP contribution >= 0.6 is 0 Å². The lowest BCUT2D eigenvalue weighted by atomic mass is 9.99. The van der Waals surface area contributed by atoms with Crippen LogP contribution in [0, 0.1) is 13.8 Å². The molecule has 3 heteroatoms. The predicted octanol–water partition coefficient (Wildman–Crippen LogP) is 3.48. The number of pyridine rings is 1. The van der Waals surface area contributed by atoms with Crippen molar-refractivity contribution in [2.75, 3.05) is 13.7 Å². The zero-order valence-corrected chi connectivity index (χ0v) is 12.7. The van der Waals surface area contributed by atoms with Crippen LogP contribution in [0.5, 0.6) is 5.75 Å². The maximum atomic E-state index is 5.59. The van der Waals surface area contributed by atoms with Gasteiger partial charge >= 0.3 is 0 Å². The molecule has 20 heavy (non-hydrogen) atoms. The lowest BCUT2D eigenvalue weighted by Crippen LogP contribution is -2.11. The van der Waals surface area contributed by atoms with Crippen LogP contribution in [0.4, 0.5) is 0 Å². The summed E-state index contributed by atoms with van der Waals surface area (Å²) in [7, 11) is 1.72. The molecule has 0 aliphatic rings. The number of rotatable bonds is 5. The Morgan fingerprint density at radius 2 is 2.00 bits per heavy atom. The van der Waals surface area contributed by atoms with Crippen LogP contribution in [0.3, 0.4) is 0 Å². The Morgan fingerprint density at radius 3 is 2.70 bits per heavy atom. The lowest BCUT2D eigenvalue weighted by Gasteiger charge is -2.14. The molecule has 1 aromatic carbocycles. The van der Waals surface area contributed by atoms with E-state index in [0.29, 0.717) is 0 Å². The number of nitrogens with zero attached hydrogens (tertiary/aromatic N) is 1. The van der Waals surface area contributed by atoms with Gasteiger partial charge in [-0.15, -0.1) is 0 Å². The summed E-state index contributed by atoms with van der Waals surface area (Å²) in [5, 5.41) is 3.32. The molecule has 1 N–H and O–H groups in total. The number of benzene rings is 1. The Morgan fingerprint density at radius 1 is 1.20 bits per heavy atom. The van der Waals surface area contributed by atoms with Gasteiger partial charge in [0.25, 0.3) is 0 Å². The second-order valence-electron chi connectivity index (χ2n) is 4.95. The molecular weight excluding hydrogens is 248 g/mol. The number of ether oxygens (including phenoxy) is 1. The summed E-state index contributed by atoms with van der Waals surface area (Å²) in [6, 6.07) is 6.40. The molecule has 0 spiro atoms. The summed E-state index contributed by atoms with van der Waals surface area (Å²) in [6.45, 7) is 8.08. The molecule has 1 aromatic heterocycles. The Hall–Kier alpha value is -1.87. The minimum Gasteiger partial charge on any atom is -0.496 e. The van der Waals surface area contributed by atoms with Crippen molar-refractivity contribution in [2.45, 2.75) is 27.3 Å². The smallest absolute Gasteiger partial charge is 0.129 e. The number of nitrogens with one attached hydrogen (secondary N) is 1. The standard InChI is InChI=1S/C17H22N2O/c1-5-18-9-14-8-15(11-19-10-14)16-7-6-12(2)13(3)17(16)20-4/h6-8,10-11,18H,5,9H2,1-4H3. The molecular formula is C17H22N2O. The van der Waals surface area contributed by atoms with E-state index in [9.17, 15) is 0 Å². The van der Waals surface area contributed by atoms with E-state index in [0.717, 1.165) is 30.0 Å². The summed E-state index contributed by atoms with van der Waals surface area (Å²) in [6.07, 6.45) is 3.79. The highest BCUT2D eigenvalue weighted by molar-refractivity contribution is 5.72. The van der Waals surface area contributed by atoms with Gasteiger partial charge in [-0.05, 0) is 43.1 Å². The maximum absolute atomic E-state index is 5.59. The van der Waals surface area contributed by atoms with Crippen molar-refractivity contribution in [3.05, 3.63) is 47.3 Å². The van der Waals surface area contributed by atoms with Crippen LogP contribution in [0.1, 0.15) is 23.6 Å². The van der Waals surface area contributed by atoms with E-state index in [1.165, 1.54) is 16.7 Å². The maximum Gasteiger partial charge on any atom is 0.129 e. The molecule has 0 aliphatic heterocycles. The van der Waals surface area contributed by atoms with Crippen LogP contribution in [0.2, 0.25) is 0 Å². The minimum absolute atomic E-state index is 0.838. The first-order valence-electron chi connectivity index (χ1n) is 6.96. The Labute approximate surface area is 121 Å². The van der Waals surface area contributed by atoms with Crippen LogP contribution < -0.4 is 10.1 Å². The van der Waals surface area contributed by atoms with Gasteiger partial charge in [-0.3, -0.25) is 4.98 Å². The van der Waals surface area contributed by atoms with Crippen LogP contribution in [0.25, 0.3) is 11.1 Å². The highest BCUT2D eigenvalue weighted by atomic mass is 16.5. The Kier molecular flexibility index (Phi) is 4.74. The fraction of sp³-hybridized carbons (Fsp3) is 0.353. The average molecular weight is 270 g/mol. The topological polar surface area (TPSA) is 34.2 Å². The van der Waals surface area contributed by atoms with E-state index >= 15 is 0 Å². The quantitative estimate of drug-likeness (QED) is 0.903. The Bertz CT molecular complexity index is 594. The van der Waals surface area contributed by atoms with Gasteiger partial charge in [-0.2, -0.15) is 0 Å².